The van der Waals surface area contributed by atoms with Gasteiger partial charge in [0.2, 0.25) is 0 Å². The number of aryl methyl sites for hydroxylation is 1. The van der Waals surface area contributed by atoms with Crippen LogP contribution in [-0.2, 0) is 13.1 Å². The van der Waals surface area contributed by atoms with E-state index < -0.39 is 0 Å². The molecule has 0 atom stereocenters. The number of thiazole rings is 1. The molecule has 0 spiro atoms. The van der Waals surface area contributed by atoms with Gasteiger partial charge in [0, 0.05) is 25.0 Å². The van der Waals surface area contributed by atoms with Crippen LogP contribution in [0.2, 0.25) is 0 Å². The zero-order valence-corrected chi connectivity index (χ0v) is 20.1. The zero-order valence-electron chi connectivity index (χ0n) is 16.1. The third kappa shape index (κ3) is 7.67. The Balaban J connectivity index is 0.00000261. The van der Waals surface area contributed by atoms with Crippen LogP contribution in [0.3, 0.4) is 0 Å². The fourth-order valence-corrected chi connectivity index (χ4v) is 4.46. The fourth-order valence-electron chi connectivity index (χ4n) is 3.19. The summed E-state index contributed by atoms with van der Waals surface area (Å²) in [6, 6.07) is 2.14. The van der Waals surface area contributed by atoms with Gasteiger partial charge in [0.25, 0.3) is 0 Å². The van der Waals surface area contributed by atoms with Crippen LogP contribution in [0.5, 0.6) is 0 Å². The lowest BCUT2D eigenvalue weighted by atomic mass is 9.97. The summed E-state index contributed by atoms with van der Waals surface area (Å²) in [5.41, 5.74) is 2.50. The summed E-state index contributed by atoms with van der Waals surface area (Å²) in [5, 5.41) is 14.5. The number of nitrogens with zero attached hydrogens (tertiary/aromatic N) is 3. The number of thiophene rings is 1. The predicted octanol–water partition coefficient (Wildman–Crippen LogP) is 4.10. The van der Waals surface area contributed by atoms with Gasteiger partial charge in [-0.05, 0) is 68.1 Å². The first-order valence-electron chi connectivity index (χ1n) is 9.39. The van der Waals surface area contributed by atoms with Crippen LogP contribution in [0, 0.1) is 12.8 Å². The van der Waals surface area contributed by atoms with Crippen LogP contribution in [-0.4, -0.2) is 42.0 Å². The monoisotopic (exact) mass is 519 g/mol. The maximum absolute atomic E-state index is 4.70. The molecule has 2 aromatic rings. The molecular formula is C19H30IN5S2. The van der Waals surface area contributed by atoms with Crippen molar-refractivity contribution in [3.8, 4) is 0 Å². The summed E-state index contributed by atoms with van der Waals surface area (Å²) in [7, 11) is 0. The van der Waals surface area contributed by atoms with Gasteiger partial charge in [-0.15, -0.1) is 35.3 Å². The summed E-state index contributed by atoms with van der Waals surface area (Å²) in [6.45, 7) is 10.1. The van der Waals surface area contributed by atoms with Crippen molar-refractivity contribution in [2.75, 3.05) is 26.2 Å². The molecule has 2 N–H and O–H groups in total. The molecule has 27 heavy (non-hydrogen) atoms. The summed E-state index contributed by atoms with van der Waals surface area (Å²) >= 11 is 3.47. The molecule has 1 aliphatic heterocycles. The minimum absolute atomic E-state index is 0. The van der Waals surface area contributed by atoms with Crippen LogP contribution in [0.15, 0.2) is 27.2 Å². The number of aromatic nitrogens is 1. The molecule has 3 heterocycles. The Kier molecular flexibility index (Phi) is 10.0. The molecule has 0 saturated carbocycles. The molecule has 1 aliphatic rings. The van der Waals surface area contributed by atoms with E-state index in [0.717, 1.165) is 50.2 Å². The van der Waals surface area contributed by atoms with Gasteiger partial charge in [0.05, 0.1) is 17.2 Å². The summed E-state index contributed by atoms with van der Waals surface area (Å²) in [4.78, 5) is 11.8. The Labute approximate surface area is 187 Å². The van der Waals surface area contributed by atoms with Crippen molar-refractivity contribution in [2.45, 2.75) is 39.8 Å². The highest BCUT2D eigenvalue weighted by Crippen LogP contribution is 2.19. The Morgan fingerprint density at radius 2 is 2.11 bits per heavy atom. The maximum Gasteiger partial charge on any atom is 0.191 e. The second-order valence-electron chi connectivity index (χ2n) is 6.79. The lowest BCUT2D eigenvalue weighted by molar-refractivity contribution is 0.176. The minimum atomic E-state index is 0. The number of hydrogen-bond donors (Lipinski definition) is 2. The van der Waals surface area contributed by atoms with Crippen LogP contribution >= 0.6 is 46.7 Å². The van der Waals surface area contributed by atoms with Gasteiger partial charge < -0.3 is 10.6 Å². The fraction of sp³-hybridized carbons (Fsp3) is 0.579. The van der Waals surface area contributed by atoms with Gasteiger partial charge in [-0.1, -0.05) is 0 Å². The predicted molar refractivity (Wildman–Crippen MR) is 127 cm³/mol. The highest BCUT2D eigenvalue weighted by atomic mass is 127. The Bertz CT molecular complexity index is 678. The molecule has 8 heteroatoms. The van der Waals surface area contributed by atoms with E-state index in [-0.39, 0.29) is 24.0 Å². The molecule has 150 valence electrons. The molecule has 1 saturated heterocycles. The number of aliphatic imine (C=N–C) groups is 1. The summed E-state index contributed by atoms with van der Waals surface area (Å²) in [5.74, 6) is 1.65. The summed E-state index contributed by atoms with van der Waals surface area (Å²) in [6.07, 6.45) is 2.47. The second-order valence-corrected chi connectivity index (χ2v) is 8.63. The van der Waals surface area contributed by atoms with Crippen molar-refractivity contribution in [3.63, 3.8) is 0 Å². The number of nitrogens with one attached hydrogen (secondary N) is 2. The first-order valence-corrected chi connectivity index (χ1v) is 11.2. The van der Waals surface area contributed by atoms with Crippen molar-refractivity contribution in [2.24, 2.45) is 10.9 Å². The van der Waals surface area contributed by atoms with E-state index in [1.54, 1.807) is 22.7 Å². The highest BCUT2D eigenvalue weighted by molar-refractivity contribution is 14.0. The van der Waals surface area contributed by atoms with Crippen molar-refractivity contribution < 1.29 is 0 Å². The number of likely N-dealkylation sites (tertiary alicyclic amines) is 1. The molecule has 0 aliphatic carbocycles. The van der Waals surface area contributed by atoms with E-state index in [1.165, 1.54) is 24.1 Å². The lowest BCUT2D eigenvalue weighted by Crippen LogP contribution is -2.42. The molecule has 0 bridgehead atoms. The Morgan fingerprint density at radius 1 is 1.30 bits per heavy atom. The standard InChI is InChI=1S/C19H29N5S2.HI/c1-3-20-19(22-11-17-6-9-25-13-17)21-10-16-4-7-24(8-5-16)12-18-14-26-15(2)23-18;/h6,9,13-14,16H,3-5,7-8,10-12H2,1-2H3,(H2,20,21,22);1H. The molecule has 1 fully saturated rings. The molecule has 0 radical (unpaired) electrons. The average molecular weight is 520 g/mol. The topological polar surface area (TPSA) is 52.6 Å². The molecule has 0 aromatic carbocycles. The van der Waals surface area contributed by atoms with E-state index in [2.05, 4.69) is 56.6 Å². The SMILES string of the molecule is CCNC(=NCc1ccsc1)NCC1CCN(Cc2csc(C)n2)CC1.I. The van der Waals surface area contributed by atoms with Gasteiger partial charge in [0.1, 0.15) is 0 Å². The van der Waals surface area contributed by atoms with Crippen LogP contribution in [0.1, 0.15) is 36.0 Å². The smallest absolute Gasteiger partial charge is 0.191 e. The molecule has 5 nitrogen and oxygen atoms in total. The average Bonchev–Trinajstić information content (AvgIpc) is 3.30. The summed E-state index contributed by atoms with van der Waals surface area (Å²) < 4.78 is 0. The number of halogens is 1. The zero-order chi connectivity index (χ0) is 18.2. The molecule has 0 amide bonds. The molecule has 0 unspecified atom stereocenters. The lowest BCUT2D eigenvalue weighted by Gasteiger charge is -2.31. The largest absolute Gasteiger partial charge is 0.357 e. The van der Waals surface area contributed by atoms with E-state index in [0.29, 0.717) is 5.92 Å². The number of hydrogen-bond acceptors (Lipinski definition) is 5. The van der Waals surface area contributed by atoms with Crippen molar-refractivity contribution in [1.82, 2.24) is 20.5 Å². The molecule has 2 aromatic heterocycles. The minimum Gasteiger partial charge on any atom is -0.357 e. The van der Waals surface area contributed by atoms with Gasteiger partial charge in [-0.3, -0.25) is 4.90 Å². The van der Waals surface area contributed by atoms with E-state index in [9.17, 15) is 0 Å². The molecule has 3 rings (SSSR count). The molecular weight excluding hydrogens is 489 g/mol. The third-order valence-corrected chi connectivity index (χ3v) is 6.22. The maximum atomic E-state index is 4.70. The van der Waals surface area contributed by atoms with Gasteiger partial charge >= 0.3 is 0 Å². The van der Waals surface area contributed by atoms with Crippen LogP contribution < -0.4 is 10.6 Å². The normalized spacial score (nSPS) is 16.1. The number of piperidine rings is 1. The number of guanidine groups is 1. The van der Waals surface area contributed by atoms with Crippen LogP contribution in [0.25, 0.3) is 0 Å². The van der Waals surface area contributed by atoms with Crippen molar-refractivity contribution in [1.29, 1.82) is 0 Å². The second kappa shape index (κ2) is 12.0. The van der Waals surface area contributed by atoms with Crippen LogP contribution in [0.4, 0.5) is 0 Å². The van der Waals surface area contributed by atoms with Crippen molar-refractivity contribution >= 4 is 52.6 Å². The first kappa shape index (κ1) is 22.6. The van der Waals surface area contributed by atoms with Gasteiger partial charge in [0.15, 0.2) is 5.96 Å². The Morgan fingerprint density at radius 3 is 2.74 bits per heavy atom. The van der Waals surface area contributed by atoms with Gasteiger partial charge in [-0.25, -0.2) is 9.98 Å². The van der Waals surface area contributed by atoms with E-state index in [1.807, 2.05) is 0 Å². The quantitative estimate of drug-likeness (QED) is 0.329. The Hall–Kier alpha value is -0.710. The van der Waals surface area contributed by atoms with Crippen molar-refractivity contribution in [3.05, 3.63) is 38.5 Å². The van der Waals surface area contributed by atoms with E-state index >= 15 is 0 Å². The van der Waals surface area contributed by atoms with E-state index in [4.69, 9.17) is 4.99 Å². The number of rotatable bonds is 7. The highest BCUT2D eigenvalue weighted by Gasteiger charge is 2.20. The third-order valence-electron chi connectivity index (χ3n) is 4.66. The first-order chi connectivity index (χ1) is 12.7. The van der Waals surface area contributed by atoms with Gasteiger partial charge in [-0.2, -0.15) is 11.3 Å².